The maximum absolute atomic E-state index is 12.4. The summed E-state index contributed by atoms with van der Waals surface area (Å²) >= 11 is 5.83. The van der Waals surface area contributed by atoms with Gasteiger partial charge in [-0.05, 0) is 48.7 Å². The van der Waals surface area contributed by atoms with Crippen LogP contribution in [0.4, 0.5) is 11.4 Å². The van der Waals surface area contributed by atoms with Crippen LogP contribution in [-0.4, -0.2) is 5.91 Å². The highest BCUT2D eigenvalue weighted by atomic mass is 35.5. The van der Waals surface area contributed by atoms with Crippen LogP contribution in [0.3, 0.4) is 0 Å². The lowest BCUT2D eigenvalue weighted by atomic mass is 10.1. The summed E-state index contributed by atoms with van der Waals surface area (Å²) in [5.41, 5.74) is 3.50. The van der Waals surface area contributed by atoms with Crippen molar-refractivity contribution in [3.8, 4) is 6.07 Å². The lowest BCUT2D eigenvalue weighted by Gasteiger charge is -2.12. The molecule has 0 saturated carbocycles. The average Bonchev–Trinajstić information content (AvgIpc) is 2.58. The van der Waals surface area contributed by atoms with E-state index in [2.05, 4.69) is 10.6 Å². The van der Waals surface area contributed by atoms with Crippen LogP contribution in [-0.2, 0) is 11.2 Å². The van der Waals surface area contributed by atoms with E-state index < -0.39 is 5.91 Å². The number of hydrogen-bond acceptors (Lipinski definition) is 3. The molecular formula is C19H18ClN3O. The molecular weight excluding hydrogens is 322 g/mol. The molecule has 1 amide bonds. The number of nitrogens with one attached hydrogen (secondary N) is 2. The van der Waals surface area contributed by atoms with E-state index in [9.17, 15) is 10.1 Å². The summed E-state index contributed by atoms with van der Waals surface area (Å²) in [6, 6.07) is 14.7. The minimum atomic E-state index is -0.442. The molecule has 2 rings (SSSR count). The molecule has 0 unspecified atom stereocenters. The molecule has 0 bridgehead atoms. The number of nitriles is 1. The molecule has 4 nitrogen and oxygen atoms in total. The third-order valence-corrected chi connectivity index (χ3v) is 3.82. The molecule has 0 fully saturated rings. The van der Waals surface area contributed by atoms with E-state index in [4.69, 9.17) is 11.6 Å². The zero-order chi connectivity index (χ0) is 17.5. The van der Waals surface area contributed by atoms with Gasteiger partial charge in [-0.15, -0.1) is 0 Å². The number of benzene rings is 2. The van der Waals surface area contributed by atoms with Crippen molar-refractivity contribution in [2.45, 2.75) is 20.3 Å². The van der Waals surface area contributed by atoms with Gasteiger partial charge in [0.25, 0.3) is 5.91 Å². The van der Waals surface area contributed by atoms with Gasteiger partial charge in [-0.2, -0.15) is 5.26 Å². The Balaban J connectivity index is 2.16. The van der Waals surface area contributed by atoms with Crippen LogP contribution in [0.2, 0.25) is 5.02 Å². The Bertz CT molecular complexity index is 804. The fourth-order valence-electron chi connectivity index (χ4n) is 2.23. The zero-order valence-electron chi connectivity index (χ0n) is 13.6. The van der Waals surface area contributed by atoms with Gasteiger partial charge in [0.05, 0.1) is 0 Å². The van der Waals surface area contributed by atoms with Crippen molar-refractivity contribution in [1.29, 1.82) is 5.26 Å². The summed E-state index contributed by atoms with van der Waals surface area (Å²) in [5, 5.41) is 15.6. The molecule has 0 atom stereocenters. The smallest absolute Gasteiger partial charge is 0.267 e. The Hall–Kier alpha value is -2.77. The van der Waals surface area contributed by atoms with E-state index in [1.54, 1.807) is 24.3 Å². The summed E-state index contributed by atoms with van der Waals surface area (Å²) in [5.74, 6) is -0.442. The van der Waals surface area contributed by atoms with Crippen LogP contribution in [0, 0.1) is 18.3 Å². The van der Waals surface area contributed by atoms with Crippen molar-refractivity contribution < 1.29 is 4.79 Å². The van der Waals surface area contributed by atoms with Gasteiger partial charge in [-0.3, -0.25) is 4.79 Å². The van der Waals surface area contributed by atoms with Crippen molar-refractivity contribution >= 4 is 28.9 Å². The first-order valence-corrected chi connectivity index (χ1v) is 7.95. The minimum Gasteiger partial charge on any atom is -0.360 e. The van der Waals surface area contributed by atoms with E-state index >= 15 is 0 Å². The lowest BCUT2D eigenvalue weighted by molar-refractivity contribution is -0.112. The molecule has 122 valence electrons. The van der Waals surface area contributed by atoms with Gasteiger partial charge in [0.15, 0.2) is 0 Å². The number of carbonyl (C=O) groups excluding carboxylic acids is 1. The molecule has 0 aromatic heterocycles. The van der Waals surface area contributed by atoms with Crippen LogP contribution in [0.15, 0.2) is 54.2 Å². The number of anilines is 2. The van der Waals surface area contributed by atoms with Crippen LogP contribution >= 0.6 is 11.6 Å². The largest absolute Gasteiger partial charge is 0.360 e. The predicted molar refractivity (Wildman–Crippen MR) is 98.0 cm³/mol. The predicted octanol–water partition coefficient (Wildman–Crippen LogP) is 4.67. The van der Waals surface area contributed by atoms with Gasteiger partial charge in [0, 0.05) is 22.6 Å². The monoisotopic (exact) mass is 339 g/mol. The molecule has 0 aliphatic rings. The Labute approximate surface area is 146 Å². The Morgan fingerprint density at radius 2 is 1.96 bits per heavy atom. The van der Waals surface area contributed by atoms with Gasteiger partial charge in [-0.25, -0.2) is 0 Å². The van der Waals surface area contributed by atoms with Crippen molar-refractivity contribution in [1.82, 2.24) is 0 Å². The molecule has 0 radical (unpaired) electrons. The number of nitrogens with zero attached hydrogens (tertiary/aromatic N) is 1. The molecule has 2 aromatic rings. The maximum atomic E-state index is 12.4. The second-order valence-corrected chi connectivity index (χ2v) is 5.67. The Morgan fingerprint density at radius 3 is 2.58 bits per heavy atom. The van der Waals surface area contributed by atoms with Gasteiger partial charge in [0.2, 0.25) is 0 Å². The number of aryl methyl sites for hydroxylation is 2. The number of amides is 1. The second kappa shape index (κ2) is 8.19. The van der Waals surface area contributed by atoms with Crippen molar-refractivity contribution in [3.05, 3.63) is 70.4 Å². The summed E-state index contributed by atoms with van der Waals surface area (Å²) in [4.78, 5) is 12.4. The molecule has 5 heteroatoms. The first-order valence-electron chi connectivity index (χ1n) is 7.57. The molecule has 0 aliphatic heterocycles. The Kier molecular flexibility index (Phi) is 6.00. The first-order chi connectivity index (χ1) is 11.5. The van der Waals surface area contributed by atoms with Crippen LogP contribution in [0.25, 0.3) is 0 Å². The topological polar surface area (TPSA) is 64.9 Å². The highest BCUT2D eigenvalue weighted by Crippen LogP contribution is 2.21. The fraction of sp³-hybridized carbons (Fsp3) is 0.158. The number of hydrogen-bond donors (Lipinski definition) is 2. The number of rotatable bonds is 5. The van der Waals surface area contributed by atoms with Crippen molar-refractivity contribution in [2.24, 2.45) is 0 Å². The highest BCUT2D eigenvalue weighted by molar-refractivity contribution is 6.30. The zero-order valence-corrected chi connectivity index (χ0v) is 14.3. The molecule has 0 heterocycles. The molecule has 0 saturated heterocycles. The normalized spacial score (nSPS) is 10.8. The molecule has 0 aliphatic carbocycles. The second-order valence-electron chi connectivity index (χ2n) is 5.24. The van der Waals surface area contributed by atoms with Gasteiger partial charge >= 0.3 is 0 Å². The minimum absolute atomic E-state index is 0.00439. The molecule has 2 aromatic carbocycles. The fourth-order valence-corrected chi connectivity index (χ4v) is 2.36. The van der Waals surface area contributed by atoms with E-state index in [0.717, 1.165) is 28.9 Å². The quantitative estimate of drug-likeness (QED) is 0.614. The van der Waals surface area contributed by atoms with Crippen LogP contribution in [0.5, 0.6) is 0 Å². The summed E-state index contributed by atoms with van der Waals surface area (Å²) in [6.45, 7) is 3.95. The van der Waals surface area contributed by atoms with Gasteiger partial charge < -0.3 is 10.6 Å². The Morgan fingerprint density at radius 1 is 1.25 bits per heavy atom. The lowest BCUT2D eigenvalue weighted by Crippen LogP contribution is -2.16. The standard InChI is InChI=1S/C19H18ClN3O/c1-3-14-6-4-5-13(2)18(14)23-19(24)15(11-21)12-22-17-9-7-16(20)8-10-17/h4-10,12,22H,3H2,1-2H3,(H,23,24)/b15-12-. The highest BCUT2D eigenvalue weighted by Gasteiger charge is 2.12. The summed E-state index contributed by atoms with van der Waals surface area (Å²) < 4.78 is 0. The number of halogens is 1. The van der Waals surface area contributed by atoms with E-state index in [0.29, 0.717) is 5.02 Å². The van der Waals surface area contributed by atoms with Crippen molar-refractivity contribution in [2.75, 3.05) is 10.6 Å². The number of para-hydroxylation sites is 1. The molecule has 2 N–H and O–H groups in total. The van der Waals surface area contributed by atoms with Crippen molar-refractivity contribution in [3.63, 3.8) is 0 Å². The third kappa shape index (κ3) is 4.37. The number of carbonyl (C=O) groups is 1. The first kappa shape index (κ1) is 17.6. The van der Waals surface area contributed by atoms with E-state index in [-0.39, 0.29) is 5.57 Å². The summed E-state index contributed by atoms with van der Waals surface area (Å²) in [6.07, 6.45) is 2.19. The SMILES string of the molecule is CCc1cccc(C)c1NC(=O)/C(C#N)=C\Nc1ccc(Cl)cc1. The van der Waals surface area contributed by atoms with E-state index in [1.165, 1.54) is 6.20 Å². The summed E-state index contributed by atoms with van der Waals surface area (Å²) in [7, 11) is 0. The van der Waals surface area contributed by atoms with E-state index in [1.807, 2.05) is 38.1 Å². The maximum Gasteiger partial charge on any atom is 0.267 e. The van der Waals surface area contributed by atoms with Gasteiger partial charge in [-0.1, -0.05) is 36.7 Å². The molecule has 24 heavy (non-hydrogen) atoms. The molecule has 0 spiro atoms. The van der Waals surface area contributed by atoms with Gasteiger partial charge in [0.1, 0.15) is 11.6 Å². The van der Waals surface area contributed by atoms with Crippen LogP contribution in [0.1, 0.15) is 18.1 Å². The third-order valence-electron chi connectivity index (χ3n) is 3.57. The van der Waals surface area contributed by atoms with Crippen LogP contribution < -0.4 is 10.6 Å². The average molecular weight is 340 g/mol.